The number of amides is 8. The number of benzene rings is 2. The summed E-state index contributed by atoms with van der Waals surface area (Å²) in [7, 11) is 0. The Labute approximate surface area is 404 Å². The molecule has 0 bridgehead atoms. The number of carbonyl (C=O) groups excluding carboxylic acids is 8. The first-order valence-corrected chi connectivity index (χ1v) is 23.3. The number of aliphatic carboxylic acids is 1. The van der Waals surface area contributed by atoms with Crippen LogP contribution in [0.2, 0.25) is 0 Å². The third kappa shape index (κ3) is 21.2. The lowest BCUT2D eigenvalue weighted by molar-refractivity contribution is -0.143. The first kappa shape index (κ1) is 58.7. The van der Waals surface area contributed by atoms with Crippen molar-refractivity contribution in [3.8, 4) is 0 Å². The number of aliphatic hydroxyl groups excluding tert-OH is 1. The van der Waals surface area contributed by atoms with Gasteiger partial charge < -0.3 is 64.2 Å². The van der Waals surface area contributed by atoms with E-state index in [9.17, 15) is 53.4 Å². The maximum absolute atomic E-state index is 13.6. The van der Waals surface area contributed by atoms with Gasteiger partial charge in [-0.1, -0.05) is 109 Å². The van der Waals surface area contributed by atoms with E-state index < -0.39 is 127 Å². The van der Waals surface area contributed by atoms with Gasteiger partial charge in [0.2, 0.25) is 47.3 Å². The van der Waals surface area contributed by atoms with E-state index >= 15 is 0 Å². The van der Waals surface area contributed by atoms with Crippen LogP contribution in [0, 0.1) is 17.8 Å². The summed E-state index contributed by atoms with van der Waals surface area (Å²) in [6, 6.07) is 7.73. The minimum absolute atomic E-state index is 0.00462. The van der Waals surface area contributed by atoms with Gasteiger partial charge in [-0.05, 0) is 61.6 Å². The third-order valence-electron chi connectivity index (χ3n) is 11.0. The number of carboxylic acid groups (broad SMARTS) is 1. The molecule has 14 N–H and O–H groups in total. The molecule has 0 unspecified atom stereocenters. The molecular formula is C48H74N10O11. The second-order valence-electron chi connectivity index (χ2n) is 18.1. The van der Waals surface area contributed by atoms with Crippen LogP contribution in [0.15, 0.2) is 60.7 Å². The van der Waals surface area contributed by atoms with Gasteiger partial charge in [0.25, 0.3) is 0 Å². The number of aliphatic hydroxyl groups is 1. The average Bonchev–Trinajstić information content (AvgIpc) is 3.29. The topological polar surface area (TPSA) is 342 Å². The molecule has 8 atom stereocenters. The number of rotatable bonds is 30. The average molecular weight is 967 g/mol. The largest absolute Gasteiger partial charge is 0.480 e. The summed E-state index contributed by atoms with van der Waals surface area (Å²) in [6.07, 6.45) is 1.75. The van der Waals surface area contributed by atoms with Crippen LogP contribution in [-0.4, -0.2) is 131 Å². The van der Waals surface area contributed by atoms with Crippen molar-refractivity contribution in [2.75, 3.05) is 19.7 Å². The van der Waals surface area contributed by atoms with Gasteiger partial charge in [-0.3, -0.25) is 38.4 Å². The summed E-state index contributed by atoms with van der Waals surface area (Å²) in [5, 5.41) is 40.1. The van der Waals surface area contributed by atoms with Crippen molar-refractivity contribution in [3.63, 3.8) is 0 Å². The molecule has 2 aromatic rings. The number of nitrogens with two attached hydrogens (primary N) is 2. The van der Waals surface area contributed by atoms with Crippen LogP contribution in [-0.2, 0) is 56.0 Å². The van der Waals surface area contributed by atoms with Crippen molar-refractivity contribution >= 4 is 53.2 Å². The zero-order chi connectivity index (χ0) is 51.8. The lowest BCUT2D eigenvalue weighted by Gasteiger charge is -2.27. The first-order valence-electron chi connectivity index (χ1n) is 23.3. The molecule has 2 aromatic carbocycles. The van der Waals surface area contributed by atoms with Crippen molar-refractivity contribution in [2.24, 2.45) is 29.2 Å². The van der Waals surface area contributed by atoms with Crippen molar-refractivity contribution in [1.29, 1.82) is 0 Å². The Hall–Kier alpha value is -6.45. The molecule has 0 aliphatic rings. The van der Waals surface area contributed by atoms with E-state index in [0.717, 1.165) is 0 Å². The van der Waals surface area contributed by atoms with Crippen LogP contribution in [0.5, 0.6) is 0 Å². The van der Waals surface area contributed by atoms with Gasteiger partial charge in [0.05, 0.1) is 19.2 Å². The van der Waals surface area contributed by atoms with Crippen LogP contribution in [0.25, 0.3) is 0 Å². The van der Waals surface area contributed by atoms with Crippen molar-refractivity contribution < 1.29 is 53.4 Å². The summed E-state index contributed by atoms with van der Waals surface area (Å²) in [5.74, 6) is -8.43. The standard InChI is InChI=1S/C48H74N10O11/c1-27(2)22-34(44(64)52-30(7)41(61)54-36(24-32-18-12-9-13-19-32)45(65)58-40(29(5)6)48(68)69)55-46(66)37(26-59)53-38(60)25-51-43(63)35(23-31-16-10-8-11-17-31)56-47(67)39(28(3)4)57-42(62)33(50)20-14-15-21-49/h8-13,16-19,27-30,33-37,39-40,59H,14-15,20-26,49-50H2,1-7H3,(H,51,63)(H,52,64)(H,53,60)(H,54,61)(H,55,66)(H,56,67)(H,57,62)(H,58,65)(H,68,69)/t30-,33-,34-,35-,36-,37-,39-,40-/m0/s1. The van der Waals surface area contributed by atoms with Crippen LogP contribution in [0.1, 0.15) is 85.3 Å². The van der Waals surface area contributed by atoms with Crippen molar-refractivity contribution in [2.45, 2.75) is 135 Å². The second-order valence-corrected chi connectivity index (χ2v) is 18.1. The molecule has 0 aliphatic heterocycles. The predicted molar refractivity (Wildman–Crippen MR) is 257 cm³/mol. The zero-order valence-electron chi connectivity index (χ0n) is 40.7. The predicted octanol–water partition coefficient (Wildman–Crippen LogP) is -1.11. The van der Waals surface area contributed by atoms with E-state index in [1.807, 2.05) is 0 Å². The maximum Gasteiger partial charge on any atom is 0.326 e. The fourth-order valence-corrected chi connectivity index (χ4v) is 6.96. The van der Waals surface area contributed by atoms with E-state index in [-0.39, 0.29) is 25.2 Å². The van der Waals surface area contributed by atoms with Crippen LogP contribution in [0.4, 0.5) is 0 Å². The molecule has 21 nitrogen and oxygen atoms in total. The van der Waals surface area contributed by atoms with Crippen LogP contribution >= 0.6 is 0 Å². The van der Waals surface area contributed by atoms with Gasteiger partial charge in [0.15, 0.2) is 0 Å². The number of hydrogen-bond donors (Lipinski definition) is 12. The van der Waals surface area contributed by atoms with E-state index in [0.29, 0.717) is 36.9 Å². The Balaban J connectivity index is 2.14. The number of unbranched alkanes of at least 4 members (excludes halogenated alkanes) is 1. The van der Waals surface area contributed by atoms with Gasteiger partial charge in [0.1, 0.15) is 42.3 Å². The van der Waals surface area contributed by atoms with Gasteiger partial charge in [0, 0.05) is 12.8 Å². The minimum atomic E-state index is -1.59. The Morgan fingerprint density at radius 1 is 0.536 bits per heavy atom. The van der Waals surface area contributed by atoms with E-state index in [1.165, 1.54) is 6.92 Å². The smallest absolute Gasteiger partial charge is 0.326 e. The molecule has 69 heavy (non-hydrogen) atoms. The monoisotopic (exact) mass is 967 g/mol. The number of carbonyl (C=O) groups is 9. The maximum atomic E-state index is 13.6. The summed E-state index contributed by atoms with van der Waals surface area (Å²) >= 11 is 0. The molecule has 0 saturated carbocycles. The van der Waals surface area contributed by atoms with E-state index in [1.54, 1.807) is 102 Å². The molecule has 0 radical (unpaired) electrons. The SMILES string of the molecule is CC(C)C[C@H](NC(=O)[C@H](CO)NC(=O)CNC(=O)[C@H](Cc1ccccc1)NC(=O)[C@@H](NC(=O)[C@@H](N)CCCCN)C(C)C)C(=O)N[C@@H](C)C(=O)N[C@@H](Cc1ccccc1)C(=O)N[C@H](C(=O)O)C(C)C. The zero-order valence-corrected chi connectivity index (χ0v) is 40.7. The Morgan fingerprint density at radius 2 is 1.01 bits per heavy atom. The highest BCUT2D eigenvalue weighted by Crippen LogP contribution is 2.11. The van der Waals surface area contributed by atoms with Gasteiger partial charge in [-0.2, -0.15) is 0 Å². The highest BCUT2D eigenvalue weighted by Gasteiger charge is 2.34. The fourth-order valence-electron chi connectivity index (χ4n) is 6.96. The summed E-state index contributed by atoms with van der Waals surface area (Å²) in [4.78, 5) is 119. The number of nitrogens with one attached hydrogen (secondary N) is 8. The summed E-state index contributed by atoms with van der Waals surface area (Å²) in [6.45, 7) is 10.4. The molecule has 0 aliphatic carbocycles. The quantitative estimate of drug-likeness (QED) is 0.0414. The molecule has 21 heteroatoms. The molecule has 0 fully saturated rings. The van der Waals surface area contributed by atoms with Crippen LogP contribution in [0.3, 0.4) is 0 Å². The molecule has 0 saturated heterocycles. The van der Waals surface area contributed by atoms with Gasteiger partial charge >= 0.3 is 5.97 Å². The van der Waals surface area contributed by atoms with Crippen molar-refractivity contribution in [3.05, 3.63) is 71.8 Å². The molecule has 0 aromatic heterocycles. The second kappa shape index (κ2) is 30.1. The van der Waals surface area contributed by atoms with E-state index in [2.05, 4.69) is 42.5 Å². The lowest BCUT2D eigenvalue weighted by Crippen LogP contribution is -2.60. The molecule has 382 valence electrons. The number of hydrogen-bond acceptors (Lipinski definition) is 12. The van der Waals surface area contributed by atoms with Gasteiger partial charge in [-0.25, -0.2) is 4.79 Å². The van der Waals surface area contributed by atoms with E-state index in [4.69, 9.17) is 11.5 Å². The normalized spacial score (nSPS) is 14.7. The fraction of sp³-hybridized carbons (Fsp3) is 0.562. The Morgan fingerprint density at radius 3 is 1.51 bits per heavy atom. The molecule has 0 heterocycles. The highest BCUT2D eigenvalue weighted by atomic mass is 16.4. The molecule has 8 amide bonds. The Bertz CT molecular complexity index is 2000. The number of carboxylic acids is 1. The highest BCUT2D eigenvalue weighted by molar-refractivity contribution is 5.97. The van der Waals surface area contributed by atoms with Crippen molar-refractivity contribution in [1.82, 2.24) is 42.5 Å². The molecule has 2 rings (SSSR count). The summed E-state index contributed by atoms with van der Waals surface area (Å²) in [5.41, 5.74) is 12.9. The molecular weight excluding hydrogens is 893 g/mol. The first-order chi connectivity index (χ1) is 32.6. The minimum Gasteiger partial charge on any atom is -0.480 e. The lowest BCUT2D eigenvalue weighted by atomic mass is 10.00. The summed E-state index contributed by atoms with van der Waals surface area (Å²) < 4.78 is 0. The van der Waals surface area contributed by atoms with Crippen LogP contribution < -0.4 is 54.0 Å². The molecule has 0 spiro atoms. The third-order valence-corrected chi connectivity index (χ3v) is 11.0. The Kier molecular flexibility index (Phi) is 25.6. The van der Waals surface area contributed by atoms with Gasteiger partial charge in [-0.15, -0.1) is 0 Å².